The van der Waals surface area contributed by atoms with E-state index >= 15 is 0 Å². The molecule has 0 aliphatic rings. The first-order valence-corrected chi connectivity index (χ1v) is 5.38. The highest BCUT2D eigenvalue weighted by Gasteiger charge is 2.18. The van der Waals surface area contributed by atoms with Crippen molar-refractivity contribution in [3.8, 4) is 5.75 Å². The topological polar surface area (TPSA) is 61.5 Å². The molecular weight excluding hydrogens is 332 g/mol. The molecule has 0 aromatic heterocycles. The molecule has 0 aliphatic heterocycles. The minimum Gasteiger partial charge on any atom is -0.495 e. The van der Waals surface area contributed by atoms with Crippen molar-refractivity contribution in [1.82, 2.24) is 0 Å². The molecule has 0 saturated heterocycles. The molecule has 2 N–H and O–H groups in total. The molecule has 0 radical (unpaired) electrons. The Hall–Kier alpha value is -0.690. The highest BCUT2D eigenvalue weighted by atomic mass is 127. The molecule has 82 valence electrons. The number of methoxy groups -OCH3 is 2. The molecule has 0 heterocycles. The molecule has 0 atom stereocenters. The van der Waals surface area contributed by atoms with Crippen LogP contribution in [0.1, 0.15) is 10.4 Å². The lowest BCUT2D eigenvalue weighted by molar-refractivity contribution is 0.0600. The van der Waals surface area contributed by atoms with E-state index in [9.17, 15) is 4.79 Å². The van der Waals surface area contributed by atoms with Gasteiger partial charge in [0.2, 0.25) is 0 Å². The van der Waals surface area contributed by atoms with Gasteiger partial charge in [-0.15, -0.1) is 0 Å². The first-order chi connectivity index (χ1) is 7.02. The number of benzene rings is 1. The number of carbonyl (C=O) groups excluding carboxylic acids is 1. The molecule has 4 nitrogen and oxygen atoms in total. The lowest BCUT2D eigenvalue weighted by atomic mass is 10.2. The number of ether oxygens (including phenoxy) is 2. The summed E-state index contributed by atoms with van der Waals surface area (Å²) >= 11 is 7.91. The van der Waals surface area contributed by atoms with Gasteiger partial charge in [-0.05, 0) is 28.7 Å². The minimum atomic E-state index is -0.517. The number of nitrogens with two attached hydrogens (primary N) is 1. The van der Waals surface area contributed by atoms with E-state index in [-0.39, 0.29) is 10.6 Å². The smallest absolute Gasteiger partial charge is 0.339 e. The molecule has 0 unspecified atom stereocenters. The Balaban J connectivity index is 3.41. The van der Waals surface area contributed by atoms with E-state index in [1.807, 2.05) is 22.6 Å². The van der Waals surface area contributed by atoms with E-state index in [0.29, 0.717) is 15.0 Å². The maximum Gasteiger partial charge on any atom is 0.339 e. The van der Waals surface area contributed by atoms with E-state index in [0.717, 1.165) is 0 Å². The molecule has 0 fully saturated rings. The number of hydrogen-bond acceptors (Lipinski definition) is 4. The normalized spacial score (nSPS) is 9.87. The number of nitrogen functional groups attached to an aromatic ring is 1. The third-order valence-electron chi connectivity index (χ3n) is 1.83. The fraction of sp³-hybridized carbons (Fsp3) is 0.222. The van der Waals surface area contributed by atoms with Crippen molar-refractivity contribution in [3.05, 3.63) is 20.2 Å². The molecule has 0 spiro atoms. The van der Waals surface area contributed by atoms with E-state index in [1.165, 1.54) is 20.3 Å². The summed E-state index contributed by atoms with van der Waals surface area (Å²) in [6.07, 6.45) is 0. The van der Waals surface area contributed by atoms with Gasteiger partial charge in [-0.1, -0.05) is 11.6 Å². The molecule has 15 heavy (non-hydrogen) atoms. The second-order valence-corrected chi connectivity index (χ2v) is 4.12. The number of esters is 1. The Morgan fingerprint density at radius 3 is 2.60 bits per heavy atom. The first kappa shape index (κ1) is 12.4. The summed E-state index contributed by atoms with van der Waals surface area (Å²) in [5.74, 6) is -0.111. The van der Waals surface area contributed by atoms with Gasteiger partial charge in [-0.25, -0.2) is 4.79 Å². The number of halogens is 2. The van der Waals surface area contributed by atoms with Crippen molar-refractivity contribution in [2.24, 2.45) is 0 Å². The standard InChI is InChI=1S/C9H9ClINO3/c1-14-5-3-4(9(13)15-2)6(10)7(11)8(5)12/h3H,12H2,1-2H3. The van der Waals surface area contributed by atoms with Crippen LogP contribution in [0.25, 0.3) is 0 Å². The minimum absolute atomic E-state index is 0.245. The van der Waals surface area contributed by atoms with Crippen molar-refractivity contribution >= 4 is 45.8 Å². The van der Waals surface area contributed by atoms with Gasteiger partial charge in [-0.2, -0.15) is 0 Å². The van der Waals surface area contributed by atoms with E-state index < -0.39 is 5.97 Å². The Labute approximate surface area is 106 Å². The van der Waals surface area contributed by atoms with Crippen LogP contribution in [0.3, 0.4) is 0 Å². The highest BCUT2D eigenvalue weighted by molar-refractivity contribution is 14.1. The largest absolute Gasteiger partial charge is 0.495 e. The fourth-order valence-electron chi connectivity index (χ4n) is 1.04. The molecule has 6 heteroatoms. The van der Waals surface area contributed by atoms with Gasteiger partial charge in [0, 0.05) is 0 Å². The number of hydrogen-bond donors (Lipinski definition) is 1. The predicted molar refractivity (Wildman–Crippen MR) is 66.5 cm³/mol. The second kappa shape index (κ2) is 4.89. The average molecular weight is 342 g/mol. The van der Waals surface area contributed by atoms with Gasteiger partial charge in [0.1, 0.15) is 5.75 Å². The average Bonchev–Trinajstić information content (AvgIpc) is 2.25. The first-order valence-electron chi connectivity index (χ1n) is 3.92. The van der Waals surface area contributed by atoms with Crippen molar-refractivity contribution < 1.29 is 14.3 Å². The van der Waals surface area contributed by atoms with E-state index in [1.54, 1.807) is 0 Å². The molecule has 1 rings (SSSR count). The van der Waals surface area contributed by atoms with Gasteiger partial charge < -0.3 is 15.2 Å². The summed E-state index contributed by atoms with van der Waals surface area (Å²) in [5.41, 5.74) is 6.39. The lowest BCUT2D eigenvalue weighted by Crippen LogP contribution is -2.06. The van der Waals surface area contributed by atoms with Crippen LogP contribution in [0.2, 0.25) is 5.02 Å². The van der Waals surface area contributed by atoms with Gasteiger partial charge in [0.25, 0.3) is 0 Å². The van der Waals surface area contributed by atoms with Crippen molar-refractivity contribution in [2.45, 2.75) is 0 Å². The monoisotopic (exact) mass is 341 g/mol. The number of rotatable bonds is 2. The Bertz CT molecular complexity index is 409. The fourth-order valence-corrected chi connectivity index (χ4v) is 1.83. The van der Waals surface area contributed by atoms with Crippen molar-refractivity contribution in [1.29, 1.82) is 0 Å². The van der Waals surface area contributed by atoms with Crippen LogP contribution in [0.4, 0.5) is 5.69 Å². The molecular formula is C9H9ClINO3. The van der Waals surface area contributed by atoms with Crippen LogP contribution in [-0.2, 0) is 4.74 Å². The van der Waals surface area contributed by atoms with Crippen LogP contribution in [0.5, 0.6) is 5.75 Å². The molecule has 0 aliphatic carbocycles. The van der Waals surface area contributed by atoms with Gasteiger partial charge in [0.05, 0.1) is 34.1 Å². The number of anilines is 1. The lowest BCUT2D eigenvalue weighted by Gasteiger charge is -2.11. The van der Waals surface area contributed by atoms with Gasteiger partial charge in [0.15, 0.2) is 0 Å². The molecule has 0 amide bonds. The van der Waals surface area contributed by atoms with Crippen LogP contribution in [0, 0.1) is 3.57 Å². The van der Waals surface area contributed by atoms with Crippen molar-refractivity contribution in [3.63, 3.8) is 0 Å². The van der Waals surface area contributed by atoms with Crippen LogP contribution >= 0.6 is 34.2 Å². The van der Waals surface area contributed by atoms with Crippen LogP contribution in [0.15, 0.2) is 6.07 Å². The maximum absolute atomic E-state index is 11.4. The van der Waals surface area contributed by atoms with Crippen LogP contribution in [-0.4, -0.2) is 20.2 Å². The Kier molecular flexibility index (Phi) is 4.04. The van der Waals surface area contributed by atoms with E-state index in [2.05, 4.69) is 4.74 Å². The Morgan fingerprint density at radius 2 is 2.13 bits per heavy atom. The number of carbonyl (C=O) groups is 1. The summed E-state index contributed by atoms with van der Waals surface area (Å²) in [6.45, 7) is 0. The molecule has 1 aromatic carbocycles. The predicted octanol–water partition coefficient (Wildman–Crippen LogP) is 2.32. The SMILES string of the molecule is COC(=O)c1cc(OC)c(N)c(I)c1Cl. The molecule has 0 saturated carbocycles. The van der Waals surface area contributed by atoms with E-state index in [4.69, 9.17) is 22.1 Å². The zero-order chi connectivity index (χ0) is 11.6. The highest BCUT2D eigenvalue weighted by Crippen LogP contribution is 2.35. The van der Waals surface area contributed by atoms with Crippen molar-refractivity contribution in [2.75, 3.05) is 20.0 Å². The molecule has 1 aromatic rings. The molecule has 0 bridgehead atoms. The quantitative estimate of drug-likeness (QED) is 0.509. The van der Waals surface area contributed by atoms with Gasteiger partial charge >= 0.3 is 5.97 Å². The Morgan fingerprint density at radius 1 is 1.53 bits per heavy atom. The zero-order valence-electron chi connectivity index (χ0n) is 8.14. The summed E-state index contributed by atoms with van der Waals surface area (Å²) in [7, 11) is 2.76. The zero-order valence-corrected chi connectivity index (χ0v) is 11.0. The van der Waals surface area contributed by atoms with Crippen LogP contribution < -0.4 is 10.5 Å². The third kappa shape index (κ3) is 2.28. The summed E-state index contributed by atoms with van der Waals surface area (Å²) < 4.78 is 10.2. The second-order valence-electron chi connectivity index (χ2n) is 2.66. The third-order valence-corrected chi connectivity index (χ3v) is 3.66. The van der Waals surface area contributed by atoms with Gasteiger partial charge in [-0.3, -0.25) is 0 Å². The summed E-state index contributed by atoms with van der Waals surface area (Å²) in [4.78, 5) is 11.4. The summed E-state index contributed by atoms with van der Waals surface area (Å²) in [5, 5.41) is 0.278. The maximum atomic E-state index is 11.4. The summed E-state index contributed by atoms with van der Waals surface area (Å²) in [6, 6.07) is 1.46.